The molecular weight excluding hydrogens is 184 g/mol. The smallest absolute Gasteiger partial charge is 0.0101 e. The zero-order valence-corrected chi connectivity index (χ0v) is 10.1. The van der Waals surface area contributed by atoms with Crippen molar-refractivity contribution in [1.82, 2.24) is 10.2 Å². The first kappa shape index (κ1) is 12.2. The second-order valence-electron chi connectivity index (χ2n) is 4.23. The standard InChI is InChI=1S/C13H22N2/c1-12-6-4-5-7-13(12)8-9-14-10-11-15(2)3/h4-7,14H,8-11H2,1-3H3. The third kappa shape index (κ3) is 4.96. The van der Waals surface area contributed by atoms with E-state index >= 15 is 0 Å². The molecule has 0 amide bonds. The van der Waals surface area contributed by atoms with Gasteiger partial charge in [0.05, 0.1) is 0 Å². The highest BCUT2D eigenvalue weighted by molar-refractivity contribution is 5.25. The summed E-state index contributed by atoms with van der Waals surface area (Å²) in [4.78, 5) is 2.20. The minimum absolute atomic E-state index is 1.07. The van der Waals surface area contributed by atoms with Crippen LogP contribution in [-0.2, 0) is 6.42 Å². The maximum absolute atomic E-state index is 3.45. The third-order valence-electron chi connectivity index (χ3n) is 2.57. The summed E-state index contributed by atoms with van der Waals surface area (Å²) in [6.45, 7) is 5.42. The SMILES string of the molecule is Cc1ccccc1CCNCCN(C)C. The number of likely N-dealkylation sites (N-methyl/N-ethyl adjacent to an activating group) is 1. The number of rotatable bonds is 6. The highest BCUT2D eigenvalue weighted by Crippen LogP contribution is 2.06. The number of hydrogen-bond donors (Lipinski definition) is 1. The third-order valence-corrected chi connectivity index (χ3v) is 2.57. The van der Waals surface area contributed by atoms with E-state index < -0.39 is 0 Å². The molecule has 0 heterocycles. The molecule has 0 aliphatic carbocycles. The van der Waals surface area contributed by atoms with Gasteiger partial charge in [-0.05, 0) is 45.1 Å². The van der Waals surface area contributed by atoms with Crippen molar-refractivity contribution in [3.63, 3.8) is 0 Å². The summed E-state index contributed by atoms with van der Waals surface area (Å²) in [6.07, 6.45) is 1.13. The fourth-order valence-electron chi connectivity index (χ4n) is 1.54. The maximum Gasteiger partial charge on any atom is 0.0101 e. The lowest BCUT2D eigenvalue weighted by Gasteiger charge is -2.10. The molecule has 2 nitrogen and oxygen atoms in total. The van der Waals surface area contributed by atoms with Crippen molar-refractivity contribution in [1.29, 1.82) is 0 Å². The molecule has 2 heteroatoms. The van der Waals surface area contributed by atoms with Gasteiger partial charge in [0.1, 0.15) is 0 Å². The topological polar surface area (TPSA) is 15.3 Å². The normalized spacial score (nSPS) is 10.9. The van der Waals surface area contributed by atoms with Crippen LogP contribution in [0.1, 0.15) is 11.1 Å². The molecule has 0 atom stereocenters. The van der Waals surface area contributed by atoms with Gasteiger partial charge in [0.2, 0.25) is 0 Å². The molecule has 1 aromatic carbocycles. The Morgan fingerprint density at radius 1 is 1.13 bits per heavy atom. The van der Waals surface area contributed by atoms with Crippen LogP contribution in [0.2, 0.25) is 0 Å². The van der Waals surface area contributed by atoms with E-state index in [0.717, 1.165) is 26.1 Å². The van der Waals surface area contributed by atoms with Crippen LogP contribution in [0.3, 0.4) is 0 Å². The van der Waals surface area contributed by atoms with Gasteiger partial charge in [-0.2, -0.15) is 0 Å². The van der Waals surface area contributed by atoms with E-state index in [-0.39, 0.29) is 0 Å². The van der Waals surface area contributed by atoms with Crippen LogP contribution in [0, 0.1) is 6.92 Å². The highest BCUT2D eigenvalue weighted by Gasteiger charge is 1.96. The van der Waals surface area contributed by atoms with Gasteiger partial charge in [-0.15, -0.1) is 0 Å². The van der Waals surface area contributed by atoms with Crippen molar-refractivity contribution in [2.75, 3.05) is 33.7 Å². The summed E-state index contributed by atoms with van der Waals surface area (Å²) in [7, 11) is 4.20. The van der Waals surface area contributed by atoms with Gasteiger partial charge in [-0.1, -0.05) is 24.3 Å². The lowest BCUT2D eigenvalue weighted by molar-refractivity contribution is 0.401. The van der Waals surface area contributed by atoms with Gasteiger partial charge < -0.3 is 10.2 Å². The lowest BCUT2D eigenvalue weighted by Crippen LogP contribution is -2.28. The predicted molar refractivity (Wildman–Crippen MR) is 66.3 cm³/mol. The Balaban J connectivity index is 2.18. The van der Waals surface area contributed by atoms with Crippen LogP contribution < -0.4 is 5.32 Å². The molecule has 84 valence electrons. The predicted octanol–water partition coefficient (Wildman–Crippen LogP) is 1.69. The number of benzene rings is 1. The molecule has 1 aromatic rings. The lowest BCUT2D eigenvalue weighted by atomic mass is 10.1. The Labute approximate surface area is 93.3 Å². The van der Waals surface area contributed by atoms with Crippen molar-refractivity contribution in [2.45, 2.75) is 13.3 Å². The summed E-state index contributed by atoms with van der Waals surface area (Å²) in [5.41, 5.74) is 2.85. The van der Waals surface area contributed by atoms with E-state index in [1.807, 2.05) is 0 Å². The Morgan fingerprint density at radius 3 is 2.53 bits per heavy atom. The van der Waals surface area contributed by atoms with Crippen LogP contribution in [0.15, 0.2) is 24.3 Å². The molecule has 0 saturated heterocycles. The number of hydrogen-bond acceptors (Lipinski definition) is 2. The molecule has 0 aliphatic rings. The highest BCUT2D eigenvalue weighted by atomic mass is 15.1. The molecule has 0 spiro atoms. The number of nitrogens with zero attached hydrogens (tertiary/aromatic N) is 1. The maximum atomic E-state index is 3.45. The quantitative estimate of drug-likeness (QED) is 0.713. The van der Waals surface area contributed by atoms with Gasteiger partial charge in [-0.25, -0.2) is 0 Å². The fraction of sp³-hybridized carbons (Fsp3) is 0.538. The second kappa shape index (κ2) is 6.59. The minimum Gasteiger partial charge on any atom is -0.315 e. The summed E-state index contributed by atoms with van der Waals surface area (Å²) in [5, 5.41) is 3.45. The summed E-state index contributed by atoms with van der Waals surface area (Å²) in [6, 6.07) is 8.60. The first-order valence-electron chi connectivity index (χ1n) is 5.60. The van der Waals surface area contributed by atoms with E-state index in [1.54, 1.807) is 0 Å². The van der Waals surface area contributed by atoms with Crippen LogP contribution in [-0.4, -0.2) is 38.6 Å². The van der Waals surface area contributed by atoms with E-state index in [4.69, 9.17) is 0 Å². The monoisotopic (exact) mass is 206 g/mol. The van der Waals surface area contributed by atoms with Gasteiger partial charge >= 0.3 is 0 Å². The molecular formula is C13H22N2. The van der Waals surface area contributed by atoms with E-state index in [9.17, 15) is 0 Å². The minimum atomic E-state index is 1.07. The zero-order valence-electron chi connectivity index (χ0n) is 10.1. The fourth-order valence-corrected chi connectivity index (χ4v) is 1.54. The van der Waals surface area contributed by atoms with Crippen molar-refractivity contribution >= 4 is 0 Å². The molecule has 0 saturated carbocycles. The van der Waals surface area contributed by atoms with Crippen molar-refractivity contribution in [3.8, 4) is 0 Å². The Bertz CT molecular complexity index is 282. The second-order valence-corrected chi connectivity index (χ2v) is 4.23. The first-order valence-corrected chi connectivity index (χ1v) is 5.60. The van der Waals surface area contributed by atoms with Gasteiger partial charge in [0, 0.05) is 13.1 Å². The van der Waals surface area contributed by atoms with Crippen molar-refractivity contribution in [3.05, 3.63) is 35.4 Å². The summed E-state index contributed by atoms with van der Waals surface area (Å²) < 4.78 is 0. The van der Waals surface area contributed by atoms with Crippen LogP contribution in [0.25, 0.3) is 0 Å². The average molecular weight is 206 g/mol. The Morgan fingerprint density at radius 2 is 1.87 bits per heavy atom. The Kier molecular flexibility index (Phi) is 5.37. The first-order chi connectivity index (χ1) is 7.20. The average Bonchev–Trinajstić information content (AvgIpc) is 2.20. The van der Waals surface area contributed by atoms with Gasteiger partial charge in [0.25, 0.3) is 0 Å². The molecule has 0 radical (unpaired) electrons. The van der Waals surface area contributed by atoms with E-state index in [1.165, 1.54) is 11.1 Å². The number of aryl methyl sites for hydroxylation is 1. The molecule has 0 bridgehead atoms. The summed E-state index contributed by atoms with van der Waals surface area (Å²) in [5.74, 6) is 0. The van der Waals surface area contributed by atoms with Crippen LogP contribution in [0.4, 0.5) is 0 Å². The molecule has 1 N–H and O–H groups in total. The molecule has 0 fully saturated rings. The van der Waals surface area contributed by atoms with Crippen LogP contribution >= 0.6 is 0 Å². The molecule has 0 aromatic heterocycles. The summed E-state index contributed by atoms with van der Waals surface area (Å²) >= 11 is 0. The zero-order chi connectivity index (χ0) is 11.1. The van der Waals surface area contributed by atoms with E-state index in [0.29, 0.717) is 0 Å². The molecule has 15 heavy (non-hydrogen) atoms. The molecule has 0 aliphatic heterocycles. The van der Waals surface area contributed by atoms with Gasteiger partial charge in [-0.3, -0.25) is 0 Å². The molecule has 0 unspecified atom stereocenters. The van der Waals surface area contributed by atoms with Crippen molar-refractivity contribution in [2.24, 2.45) is 0 Å². The number of nitrogens with one attached hydrogen (secondary N) is 1. The van der Waals surface area contributed by atoms with Crippen LogP contribution in [0.5, 0.6) is 0 Å². The Hall–Kier alpha value is -0.860. The largest absolute Gasteiger partial charge is 0.315 e. The van der Waals surface area contributed by atoms with Gasteiger partial charge in [0.15, 0.2) is 0 Å². The van der Waals surface area contributed by atoms with E-state index in [2.05, 4.69) is 55.5 Å². The van der Waals surface area contributed by atoms with Crippen molar-refractivity contribution < 1.29 is 0 Å². The molecule has 1 rings (SSSR count).